The summed E-state index contributed by atoms with van der Waals surface area (Å²) in [6, 6.07) is 5.89. The molecule has 1 N–H and O–H groups in total. The largest absolute Gasteiger partial charge is 0.486 e. The Morgan fingerprint density at radius 3 is 2.96 bits per heavy atom. The van der Waals surface area contributed by atoms with Crippen molar-refractivity contribution in [2.24, 2.45) is 0 Å². The molecule has 1 aromatic heterocycles. The number of fused-ring (bicyclic) bond motifs is 1. The first-order valence-corrected chi connectivity index (χ1v) is 8.28. The van der Waals surface area contributed by atoms with Gasteiger partial charge in [-0.15, -0.1) is 0 Å². The van der Waals surface area contributed by atoms with Crippen LogP contribution in [0.3, 0.4) is 0 Å². The smallest absolute Gasteiger partial charge is 0.350 e. The van der Waals surface area contributed by atoms with Crippen LogP contribution in [0.2, 0.25) is 0 Å². The first-order chi connectivity index (χ1) is 11.2. The number of carbonyl (C=O) groups is 1. The first-order valence-electron chi connectivity index (χ1n) is 7.46. The van der Waals surface area contributed by atoms with E-state index in [1.54, 1.807) is 6.92 Å². The van der Waals surface area contributed by atoms with E-state index in [1.165, 1.54) is 17.5 Å². The van der Waals surface area contributed by atoms with Gasteiger partial charge in [-0.1, -0.05) is 17.4 Å². The SMILES string of the molecule is CCOC(=O)c1cnc(NC(C)c2ccc3c(c2)OCCO3)s1. The quantitative estimate of drug-likeness (QED) is 0.846. The summed E-state index contributed by atoms with van der Waals surface area (Å²) in [4.78, 5) is 16.4. The highest BCUT2D eigenvalue weighted by Gasteiger charge is 2.16. The molecule has 1 atom stereocenters. The van der Waals surface area contributed by atoms with Gasteiger partial charge in [-0.2, -0.15) is 0 Å². The summed E-state index contributed by atoms with van der Waals surface area (Å²) in [6.07, 6.45) is 1.53. The predicted octanol–water partition coefficient (Wildman–Crippen LogP) is 3.26. The van der Waals surface area contributed by atoms with Crippen molar-refractivity contribution in [3.8, 4) is 11.5 Å². The van der Waals surface area contributed by atoms with Crippen LogP contribution in [-0.4, -0.2) is 30.8 Å². The molecule has 0 saturated heterocycles. The molecule has 1 unspecified atom stereocenters. The molecule has 0 bridgehead atoms. The monoisotopic (exact) mass is 334 g/mol. The minimum Gasteiger partial charge on any atom is -0.486 e. The second kappa shape index (κ2) is 6.87. The van der Waals surface area contributed by atoms with Crippen molar-refractivity contribution in [2.45, 2.75) is 19.9 Å². The first kappa shape index (κ1) is 15.6. The Kier molecular flexibility index (Phi) is 4.66. The van der Waals surface area contributed by atoms with Crippen molar-refractivity contribution in [3.05, 3.63) is 34.8 Å². The van der Waals surface area contributed by atoms with Crippen molar-refractivity contribution >= 4 is 22.4 Å². The maximum atomic E-state index is 11.7. The number of hydrogen-bond donors (Lipinski definition) is 1. The minimum atomic E-state index is -0.343. The number of thiazole rings is 1. The number of nitrogens with one attached hydrogen (secondary N) is 1. The van der Waals surface area contributed by atoms with E-state index < -0.39 is 0 Å². The molecule has 0 saturated carbocycles. The molecule has 0 amide bonds. The van der Waals surface area contributed by atoms with Gasteiger partial charge in [0.25, 0.3) is 0 Å². The van der Waals surface area contributed by atoms with E-state index >= 15 is 0 Å². The maximum Gasteiger partial charge on any atom is 0.350 e. The van der Waals surface area contributed by atoms with Crippen molar-refractivity contribution in [1.29, 1.82) is 0 Å². The maximum absolute atomic E-state index is 11.7. The number of esters is 1. The highest BCUT2D eigenvalue weighted by Crippen LogP contribution is 2.33. The van der Waals surface area contributed by atoms with Gasteiger partial charge in [0, 0.05) is 0 Å². The number of carbonyl (C=O) groups excluding carboxylic acids is 1. The van der Waals surface area contributed by atoms with Crippen molar-refractivity contribution < 1.29 is 19.0 Å². The Hall–Kier alpha value is -2.28. The second-order valence-corrected chi connectivity index (χ2v) is 6.05. The molecule has 1 aromatic carbocycles. The van der Waals surface area contributed by atoms with E-state index in [-0.39, 0.29) is 12.0 Å². The lowest BCUT2D eigenvalue weighted by atomic mass is 10.1. The molecule has 0 spiro atoms. The molecule has 1 aliphatic heterocycles. The van der Waals surface area contributed by atoms with Crippen LogP contribution >= 0.6 is 11.3 Å². The van der Waals surface area contributed by atoms with E-state index in [4.69, 9.17) is 14.2 Å². The summed E-state index contributed by atoms with van der Waals surface area (Å²) >= 11 is 1.28. The number of rotatable bonds is 5. The molecule has 1 aliphatic rings. The van der Waals surface area contributed by atoms with E-state index in [9.17, 15) is 4.79 Å². The zero-order valence-corrected chi connectivity index (χ0v) is 13.8. The molecule has 6 nitrogen and oxygen atoms in total. The number of ether oxygens (including phenoxy) is 3. The Morgan fingerprint density at radius 1 is 1.39 bits per heavy atom. The van der Waals surface area contributed by atoms with E-state index in [0.29, 0.717) is 29.8 Å². The van der Waals surface area contributed by atoms with Crippen LogP contribution < -0.4 is 14.8 Å². The van der Waals surface area contributed by atoms with Gasteiger partial charge in [-0.3, -0.25) is 0 Å². The van der Waals surface area contributed by atoms with E-state index in [2.05, 4.69) is 10.3 Å². The zero-order chi connectivity index (χ0) is 16.2. The summed E-state index contributed by atoms with van der Waals surface area (Å²) in [6.45, 7) is 5.30. The van der Waals surface area contributed by atoms with Crippen LogP contribution in [0.4, 0.5) is 5.13 Å². The fraction of sp³-hybridized carbons (Fsp3) is 0.375. The van der Waals surface area contributed by atoms with Crippen LogP contribution in [0.1, 0.15) is 35.1 Å². The standard InChI is InChI=1S/C16H18N2O4S/c1-3-20-15(19)14-9-17-16(23-14)18-10(2)11-4-5-12-13(8-11)22-7-6-21-12/h4-5,8-10H,3,6-7H2,1-2H3,(H,17,18). The lowest BCUT2D eigenvalue weighted by Crippen LogP contribution is -2.16. The number of aromatic nitrogens is 1. The van der Waals surface area contributed by atoms with Gasteiger partial charge >= 0.3 is 5.97 Å². The summed E-state index contributed by atoms with van der Waals surface area (Å²) in [5.74, 6) is 1.19. The highest BCUT2D eigenvalue weighted by molar-refractivity contribution is 7.17. The second-order valence-electron chi connectivity index (χ2n) is 5.02. The van der Waals surface area contributed by atoms with Gasteiger partial charge in [0.05, 0.1) is 18.8 Å². The van der Waals surface area contributed by atoms with E-state index in [1.807, 2.05) is 25.1 Å². The number of hydrogen-bond acceptors (Lipinski definition) is 7. The molecule has 3 rings (SSSR count). The van der Waals surface area contributed by atoms with Gasteiger partial charge in [-0.05, 0) is 31.5 Å². The molecule has 23 heavy (non-hydrogen) atoms. The third kappa shape index (κ3) is 3.56. The predicted molar refractivity (Wildman–Crippen MR) is 87.5 cm³/mol. The molecule has 2 aromatic rings. The Labute approximate surface area is 138 Å². The number of anilines is 1. The average Bonchev–Trinajstić information content (AvgIpc) is 3.03. The average molecular weight is 334 g/mol. The van der Waals surface area contributed by atoms with Gasteiger partial charge in [-0.25, -0.2) is 9.78 Å². The molecule has 0 fully saturated rings. The lowest BCUT2D eigenvalue weighted by molar-refractivity contribution is 0.0532. The molecule has 122 valence electrons. The van der Waals surface area contributed by atoms with Gasteiger partial charge in [0.2, 0.25) is 0 Å². The molecule has 7 heteroatoms. The molecular formula is C16H18N2O4S. The number of nitrogens with zero attached hydrogens (tertiary/aromatic N) is 1. The van der Waals surface area contributed by atoms with Crippen LogP contribution in [0.5, 0.6) is 11.5 Å². The van der Waals surface area contributed by atoms with Crippen molar-refractivity contribution in [2.75, 3.05) is 25.1 Å². The van der Waals surface area contributed by atoms with Crippen LogP contribution in [0.25, 0.3) is 0 Å². The molecule has 2 heterocycles. The summed E-state index contributed by atoms with van der Waals surface area (Å²) in [7, 11) is 0. The Balaban J connectivity index is 1.69. The van der Waals surface area contributed by atoms with Crippen LogP contribution in [0.15, 0.2) is 24.4 Å². The summed E-state index contributed by atoms with van der Waals surface area (Å²) in [5, 5.41) is 3.96. The zero-order valence-electron chi connectivity index (χ0n) is 13.0. The van der Waals surface area contributed by atoms with Gasteiger partial charge in [0.1, 0.15) is 18.1 Å². The van der Waals surface area contributed by atoms with Crippen LogP contribution in [0, 0.1) is 0 Å². The normalized spacial score (nSPS) is 14.2. The third-order valence-corrected chi connectivity index (χ3v) is 4.30. The fourth-order valence-corrected chi connectivity index (χ4v) is 3.03. The number of benzene rings is 1. The van der Waals surface area contributed by atoms with Crippen molar-refractivity contribution in [1.82, 2.24) is 4.98 Å². The van der Waals surface area contributed by atoms with E-state index in [0.717, 1.165) is 17.1 Å². The van der Waals surface area contributed by atoms with Crippen LogP contribution in [-0.2, 0) is 4.74 Å². The minimum absolute atomic E-state index is 0.0204. The Bertz CT molecular complexity index is 701. The molecule has 0 aliphatic carbocycles. The Morgan fingerprint density at radius 2 is 2.17 bits per heavy atom. The molecular weight excluding hydrogens is 316 g/mol. The van der Waals surface area contributed by atoms with Gasteiger partial charge < -0.3 is 19.5 Å². The summed E-state index contributed by atoms with van der Waals surface area (Å²) < 4.78 is 16.1. The van der Waals surface area contributed by atoms with Gasteiger partial charge in [0.15, 0.2) is 16.6 Å². The third-order valence-electron chi connectivity index (χ3n) is 3.39. The summed E-state index contributed by atoms with van der Waals surface area (Å²) in [5.41, 5.74) is 1.06. The fourth-order valence-electron chi connectivity index (χ4n) is 2.24. The van der Waals surface area contributed by atoms with Crippen molar-refractivity contribution in [3.63, 3.8) is 0 Å². The highest BCUT2D eigenvalue weighted by atomic mass is 32.1. The lowest BCUT2D eigenvalue weighted by Gasteiger charge is -2.21. The topological polar surface area (TPSA) is 69.7 Å². The molecule has 0 radical (unpaired) electrons.